The zero-order valence-electron chi connectivity index (χ0n) is 17.9. The van der Waals surface area contributed by atoms with Gasteiger partial charge in [0.25, 0.3) is 5.91 Å². The molecule has 0 aliphatic carbocycles. The van der Waals surface area contributed by atoms with Crippen molar-refractivity contribution in [1.29, 1.82) is 0 Å². The summed E-state index contributed by atoms with van der Waals surface area (Å²) in [4.78, 5) is 17.3. The maximum Gasteiger partial charge on any atom is 0.257 e. The molecule has 0 radical (unpaired) electrons. The van der Waals surface area contributed by atoms with Gasteiger partial charge in [0.05, 0.1) is 23.1 Å². The van der Waals surface area contributed by atoms with Gasteiger partial charge in [0, 0.05) is 18.4 Å². The van der Waals surface area contributed by atoms with Crippen LogP contribution in [0, 0.1) is 6.92 Å². The normalized spacial score (nSPS) is 11.7. The topological polar surface area (TPSA) is 60.5 Å². The Bertz CT molecular complexity index is 1020. The van der Waals surface area contributed by atoms with Crippen molar-refractivity contribution >= 4 is 11.6 Å². The first-order valence-electron chi connectivity index (χ1n) is 10.3. The van der Waals surface area contributed by atoms with E-state index in [2.05, 4.69) is 17.2 Å². The van der Waals surface area contributed by atoms with E-state index >= 15 is 0 Å². The predicted octanol–water partition coefficient (Wildman–Crippen LogP) is 6.09. The summed E-state index contributed by atoms with van der Waals surface area (Å²) in [7, 11) is 0. The lowest BCUT2D eigenvalue weighted by molar-refractivity contribution is 0.0732. The number of ether oxygens (including phenoxy) is 2. The molecular weight excluding hydrogens is 376 g/mol. The molecule has 0 aliphatic rings. The molecule has 1 amide bonds. The monoisotopic (exact) mass is 404 g/mol. The van der Waals surface area contributed by atoms with Gasteiger partial charge in [-0.05, 0) is 63.1 Å². The van der Waals surface area contributed by atoms with Gasteiger partial charge in [-0.25, -0.2) is 0 Å². The Kier molecular flexibility index (Phi) is 7.20. The van der Waals surface area contributed by atoms with Crippen molar-refractivity contribution < 1.29 is 14.3 Å². The Morgan fingerprint density at radius 3 is 2.60 bits per heavy atom. The highest BCUT2D eigenvalue weighted by Gasteiger charge is 2.14. The Labute approximate surface area is 178 Å². The van der Waals surface area contributed by atoms with E-state index in [1.165, 1.54) is 0 Å². The van der Waals surface area contributed by atoms with E-state index < -0.39 is 0 Å². The fourth-order valence-electron chi connectivity index (χ4n) is 3.24. The van der Waals surface area contributed by atoms with Crippen molar-refractivity contribution in [2.45, 2.75) is 40.2 Å². The van der Waals surface area contributed by atoms with E-state index in [1.54, 1.807) is 6.07 Å². The van der Waals surface area contributed by atoms with Crippen LogP contribution in [0.2, 0.25) is 0 Å². The Balaban J connectivity index is 1.74. The summed E-state index contributed by atoms with van der Waals surface area (Å²) in [6.07, 6.45) is 0.780. The van der Waals surface area contributed by atoms with Crippen LogP contribution < -0.4 is 10.1 Å². The number of carbonyl (C=O) groups excluding carboxylic acids is 1. The molecule has 30 heavy (non-hydrogen) atoms. The number of hydrogen-bond acceptors (Lipinski definition) is 4. The second kappa shape index (κ2) is 10.0. The summed E-state index contributed by atoms with van der Waals surface area (Å²) in [5, 5.41) is 2.94. The molecule has 3 rings (SSSR count). The summed E-state index contributed by atoms with van der Waals surface area (Å²) in [5.41, 5.74) is 3.81. The predicted molar refractivity (Wildman–Crippen MR) is 119 cm³/mol. The van der Waals surface area contributed by atoms with Crippen LogP contribution in [0.15, 0.2) is 60.7 Å². The van der Waals surface area contributed by atoms with Crippen molar-refractivity contribution in [3.8, 4) is 11.5 Å². The Hall–Kier alpha value is -3.18. The van der Waals surface area contributed by atoms with E-state index in [0.29, 0.717) is 29.3 Å². The van der Waals surface area contributed by atoms with Gasteiger partial charge in [0.15, 0.2) is 0 Å². The van der Waals surface area contributed by atoms with Gasteiger partial charge in [0.1, 0.15) is 11.5 Å². The molecule has 2 aromatic carbocycles. The third-order valence-corrected chi connectivity index (χ3v) is 4.86. The van der Waals surface area contributed by atoms with Crippen molar-refractivity contribution in [3.63, 3.8) is 0 Å². The SMILES string of the molecule is CCOC(C)c1ccc(C(=O)Nc2cccc(Oc3ccccc3CC)c2)c(C)n1. The second-order valence-corrected chi connectivity index (χ2v) is 7.01. The zero-order valence-corrected chi connectivity index (χ0v) is 17.9. The highest BCUT2D eigenvalue weighted by Crippen LogP contribution is 2.28. The first-order valence-corrected chi connectivity index (χ1v) is 10.3. The fraction of sp³-hybridized carbons (Fsp3) is 0.280. The summed E-state index contributed by atoms with van der Waals surface area (Å²) in [5.74, 6) is 1.29. The van der Waals surface area contributed by atoms with Crippen LogP contribution in [0.1, 0.15) is 54.2 Å². The lowest BCUT2D eigenvalue weighted by Gasteiger charge is -2.14. The number of aromatic nitrogens is 1. The Morgan fingerprint density at radius 1 is 1.07 bits per heavy atom. The van der Waals surface area contributed by atoms with Gasteiger partial charge in [-0.15, -0.1) is 0 Å². The molecule has 1 heterocycles. The van der Waals surface area contributed by atoms with E-state index in [9.17, 15) is 4.79 Å². The van der Waals surface area contributed by atoms with Gasteiger partial charge in [-0.3, -0.25) is 9.78 Å². The largest absolute Gasteiger partial charge is 0.457 e. The molecule has 5 nitrogen and oxygen atoms in total. The number of anilines is 1. The van der Waals surface area contributed by atoms with Crippen LogP contribution in [0.3, 0.4) is 0 Å². The summed E-state index contributed by atoms with van der Waals surface area (Å²) < 4.78 is 11.6. The maximum absolute atomic E-state index is 12.8. The minimum atomic E-state index is -0.207. The molecule has 0 saturated heterocycles. The molecule has 1 unspecified atom stereocenters. The van der Waals surface area contributed by atoms with Crippen molar-refractivity contribution in [2.75, 3.05) is 11.9 Å². The standard InChI is InChI=1S/C25H28N2O3/c1-5-19-10-7-8-13-24(19)30-21-12-9-11-20(16-21)27-25(28)22-14-15-23(26-17(22)3)18(4)29-6-2/h7-16,18H,5-6H2,1-4H3,(H,27,28). The highest BCUT2D eigenvalue weighted by atomic mass is 16.5. The van der Waals surface area contributed by atoms with Crippen LogP contribution >= 0.6 is 0 Å². The third kappa shape index (κ3) is 5.24. The lowest BCUT2D eigenvalue weighted by Crippen LogP contribution is -2.15. The van der Waals surface area contributed by atoms with Crippen LogP contribution in [0.25, 0.3) is 0 Å². The lowest BCUT2D eigenvalue weighted by atomic mass is 10.1. The number of pyridine rings is 1. The van der Waals surface area contributed by atoms with Crippen molar-refractivity contribution in [3.05, 3.63) is 83.2 Å². The number of para-hydroxylation sites is 1. The minimum absolute atomic E-state index is 0.106. The molecule has 1 atom stereocenters. The number of rotatable bonds is 8. The molecule has 156 valence electrons. The fourth-order valence-corrected chi connectivity index (χ4v) is 3.24. The van der Waals surface area contributed by atoms with Crippen LogP contribution in [-0.2, 0) is 11.2 Å². The molecule has 5 heteroatoms. The first kappa shape index (κ1) is 21.5. The molecular formula is C25H28N2O3. The molecule has 0 saturated carbocycles. The van der Waals surface area contributed by atoms with Crippen molar-refractivity contribution in [1.82, 2.24) is 4.98 Å². The number of hydrogen-bond donors (Lipinski definition) is 1. The number of aryl methyl sites for hydroxylation is 2. The first-order chi connectivity index (χ1) is 14.5. The van der Waals surface area contributed by atoms with Crippen molar-refractivity contribution in [2.24, 2.45) is 0 Å². The van der Waals surface area contributed by atoms with Gasteiger partial charge in [-0.1, -0.05) is 31.2 Å². The number of benzene rings is 2. The maximum atomic E-state index is 12.8. The summed E-state index contributed by atoms with van der Waals surface area (Å²) in [6, 6.07) is 19.0. The molecule has 3 aromatic rings. The van der Waals surface area contributed by atoms with Gasteiger partial charge >= 0.3 is 0 Å². The van der Waals surface area contributed by atoms with Gasteiger partial charge < -0.3 is 14.8 Å². The van der Waals surface area contributed by atoms with Gasteiger partial charge in [-0.2, -0.15) is 0 Å². The average Bonchev–Trinajstić information content (AvgIpc) is 2.74. The zero-order chi connectivity index (χ0) is 21.5. The van der Waals surface area contributed by atoms with Crippen LogP contribution in [0.4, 0.5) is 5.69 Å². The van der Waals surface area contributed by atoms with E-state index in [0.717, 1.165) is 23.4 Å². The molecule has 0 aliphatic heterocycles. The summed E-state index contributed by atoms with van der Waals surface area (Å²) >= 11 is 0. The third-order valence-electron chi connectivity index (χ3n) is 4.86. The molecule has 0 fully saturated rings. The van der Waals surface area contributed by atoms with E-state index in [1.807, 2.05) is 75.4 Å². The molecule has 0 bridgehead atoms. The minimum Gasteiger partial charge on any atom is -0.457 e. The average molecular weight is 405 g/mol. The number of amides is 1. The number of nitrogens with zero attached hydrogens (tertiary/aromatic N) is 1. The van der Waals surface area contributed by atoms with E-state index in [-0.39, 0.29) is 12.0 Å². The smallest absolute Gasteiger partial charge is 0.257 e. The molecule has 1 aromatic heterocycles. The van der Waals surface area contributed by atoms with Crippen LogP contribution in [-0.4, -0.2) is 17.5 Å². The summed E-state index contributed by atoms with van der Waals surface area (Å²) in [6.45, 7) is 8.44. The molecule has 0 spiro atoms. The van der Waals surface area contributed by atoms with Crippen LogP contribution in [0.5, 0.6) is 11.5 Å². The number of carbonyl (C=O) groups is 1. The molecule has 1 N–H and O–H groups in total. The quantitative estimate of drug-likeness (QED) is 0.493. The Morgan fingerprint density at radius 2 is 1.87 bits per heavy atom. The highest BCUT2D eigenvalue weighted by molar-refractivity contribution is 6.05. The number of nitrogens with one attached hydrogen (secondary N) is 1. The second-order valence-electron chi connectivity index (χ2n) is 7.01. The van der Waals surface area contributed by atoms with E-state index in [4.69, 9.17) is 9.47 Å². The van der Waals surface area contributed by atoms with Gasteiger partial charge in [0.2, 0.25) is 0 Å².